The van der Waals surface area contributed by atoms with E-state index in [0.29, 0.717) is 6.42 Å². The van der Waals surface area contributed by atoms with Gasteiger partial charge in [-0.05, 0) is 24.8 Å². The molecule has 1 aliphatic heterocycles. The Morgan fingerprint density at radius 1 is 1.48 bits per heavy atom. The van der Waals surface area contributed by atoms with Crippen molar-refractivity contribution in [3.63, 3.8) is 0 Å². The molecule has 3 heterocycles. The number of aliphatic imine (C=N–C) groups is 1. The first-order chi connectivity index (χ1) is 9.99. The number of nitrogens with zero attached hydrogens (tertiary/aromatic N) is 5. The Hall–Kier alpha value is -2.02. The summed E-state index contributed by atoms with van der Waals surface area (Å²) in [7, 11) is 3.56. The largest absolute Gasteiger partial charge is 0.348 e. The maximum Gasteiger partial charge on any atom is 0.231 e. The molecule has 21 heavy (non-hydrogen) atoms. The number of hydrogen-bond donors (Lipinski definition) is 0. The van der Waals surface area contributed by atoms with Crippen LogP contribution in [0, 0.1) is 5.41 Å². The van der Waals surface area contributed by atoms with Crippen LogP contribution in [-0.2, 0) is 10.3 Å². The molecule has 1 spiro atoms. The topological polar surface area (TPSA) is 63.4 Å². The van der Waals surface area contributed by atoms with Crippen molar-refractivity contribution < 1.29 is 4.79 Å². The van der Waals surface area contributed by atoms with Crippen LogP contribution in [0.1, 0.15) is 24.7 Å². The van der Waals surface area contributed by atoms with E-state index in [2.05, 4.69) is 10.2 Å². The summed E-state index contributed by atoms with van der Waals surface area (Å²) in [6, 6.07) is 2.03. The number of amides is 1. The lowest BCUT2D eigenvalue weighted by molar-refractivity contribution is -0.134. The summed E-state index contributed by atoms with van der Waals surface area (Å²) >= 11 is 1.63. The van der Waals surface area contributed by atoms with E-state index in [1.54, 1.807) is 36.7 Å². The first-order valence-electron chi connectivity index (χ1n) is 6.75. The predicted molar refractivity (Wildman–Crippen MR) is 79.9 cm³/mol. The van der Waals surface area contributed by atoms with E-state index >= 15 is 0 Å². The Labute approximate surface area is 126 Å². The highest BCUT2D eigenvalue weighted by molar-refractivity contribution is 7.13. The van der Waals surface area contributed by atoms with Gasteiger partial charge in [0, 0.05) is 25.9 Å². The van der Waals surface area contributed by atoms with Crippen molar-refractivity contribution in [2.45, 2.75) is 18.9 Å². The molecule has 1 fully saturated rings. The molecule has 0 bridgehead atoms. The second-order valence-electron chi connectivity index (χ2n) is 6.03. The minimum absolute atomic E-state index is 0.0828. The molecule has 2 aromatic heterocycles. The zero-order valence-electron chi connectivity index (χ0n) is 12.1. The Morgan fingerprint density at radius 3 is 3.05 bits per heavy atom. The lowest BCUT2D eigenvalue weighted by atomic mass is 10.00. The van der Waals surface area contributed by atoms with Crippen molar-refractivity contribution in [3.8, 4) is 5.00 Å². The van der Waals surface area contributed by atoms with Crippen LogP contribution >= 0.6 is 11.3 Å². The molecule has 1 aliphatic carbocycles. The van der Waals surface area contributed by atoms with Crippen molar-refractivity contribution in [2.24, 2.45) is 10.4 Å². The summed E-state index contributed by atoms with van der Waals surface area (Å²) in [4.78, 5) is 18.9. The molecular formula is C14H15N5OS. The van der Waals surface area contributed by atoms with Crippen LogP contribution in [0.2, 0.25) is 0 Å². The summed E-state index contributed by atoms with van der Waals surface area (Å²) in [5.41, 5.74) is -0.0975. The van der Waals surface area contributed by atoms with Gasteiger partial charge in [0.05, 0.1) is 5.41 Å². The number of thiophene rings is 1. The number of rotatable bonds is 1. The number of carbonyl (C=O) groups is 1. The fourth-order valence-electron chi connectivity index (χ4n) is 3.24. The van der Waals surface area contributed by atoms with Crippen molar-refractivity contribution in [1.29, 1.82) is 0 Å². The van der Waals surface area contributed by atoms with Gasteiger partial charge in [0.2, 0.25) is 5.91 Å². The lowest BCUT2D eigenvalue weighted by Gasteiger charge is -2.20. The molecule has 2 aliphatic rings. The number of aromatic nitrogens is 3. The normalized spacial score (nSPS) is 28.9. The summed E-state index contributed by atoms with van der Waals surface area (Å²) in [6.07, 6.45) is 4.25. The van der Waals surface area contributed by atoms with Crippen LogP contribution in [0.15, 0.2) is 22.8 Å². The van der Waals surface area contributed by atoms with Gasteiger partial charge in [-0.1, -0.05) is 0 Å². The van der Waals surface area contributed by atoms with Crippen molar-refractivity contribution in [2.75, 3.05) is 14.1 Å². The highest BCUT2D eigenvalue weighted by Crippen LogP contribution is 2.66. The quantitative estimate of drug-likeness (QED) is 0.801. The first kappa shape index (κ1) is 12.7. The van der Waals surface area contributed by atoms with Gasteiger partial charge < -0.3 is 4.90 Å². The van der Waals surface area contributed by atoms with E-state index in [1.807, 2.05) is 29.2 Å². The number of carbonyl (C=O) groups excluding carboxylic acids is 1. The van der Waals surface area contributed by atoms with Gasteiger partial charge in [0.1, 0.15) is 16.9 Å². The molecule has 0 radical (unpaired) electrons. The maximum atomic E-state index is 12.6. The first-order valence-corrected chi connectivity index (χ1v) is 7.63. The third kappa shape index (κ3) is 1.41. The van der Waals surface area contributed by atoms with E-state index in [9.17, 15) is 4.79 Å². The molecule has 7 heteroatoms. The Balaban J connectivity index is 1.90. The highest BCUT2D eigenvalue weighted by Gasteiger charge is 2.73. The lowest BCUT2D eigenvalue weighted by Crippen LogP contribution is -2.34. The van der Waals surface area contributed by atoms with Crippen LogP contribution in [0.3, 0.4) is 0 Å². The zero-order valence-corrected chi connectivity index (χ0v) is 12.9. The van der Waals surface area contributed by atoms with Crippen LogP contribution < -0.4 is 0 Å². The van der Waals surface area contributed by atoms with Gasteiger partial charge >= 0.3 is 0 Å². The monoisotopic (exact) mass is 301 g/mol. The van der Waals surface area contributed by atoms with E-state index in [-0.39, 0.29) is 5.91 Å². The van der Waals surface area contributed by atoms with Gasteiger partial charge in [-0.25, -0.2) is 0 Å². The second kappa shape index (κ2) is 3.79. The molecular weight excluding hydrogens is 286 g/mol. The van der Waals surface area contributed by atoms with E-state index in [1.165, 1.54) is 0 Å². The highest BCUT2D eigenvalue weighted by atomic mass is 32.1. The molecule has 4 rings (SSSR count). The molecule has 0 saturated heterocycles. The molecule has 1 amide bonds. The van der Waals surface area contributed by atoms with E-state index in [0.717, 1.165) is 16.4 Å². The summed E-state index contributed by atoms with van der Waals surface area (Å²) in [5.74, 6) is 0.845. The number of fused-ring (bicyclic) bond motifs is 4. The number of hydrogen-bond acceptors (Lipinski definition) is 5. The Kier molecular flexibility index (Phi) is 2.29. The van der Waals surface area contributed by atoms with Crippen molar-refractivity contribution in [3.05, 3.63) is 29.2 Å². The van der Waals surface area contributed by atoms with Crippen LogP contribution in [-0.4, -0.2) is 45.9 Å². The van der Waals surface area contributed by atoms with E-state index < -0.39 is 11.0 Å². The third-order valence-corrected chi connectivity index (χ3v) is 5.44. The fraction of sp³-hybridized carbons (Fsp3) is 0.429. The van der Waals surface area contributed by atoms with Gasteiger partial charge in [0.25, 0.3) is 0 Å². The molecule has 2 aromatic rings. The van der Waals surface area contributed by atoms with E-state index in [4.69, 9.17) is 4.99 Å². The zero-order chi connectivity index (χ0) is 14.8. The summed E-state index contributed by atoms with van der Waals surface area (Å²) < 4.78 is 1.97. The van der Waals surface area contributed by atoms with Crippen LogP contribution in [0.5, 0.6) is 0 Å². The average molecular weight is 301 g/mol. The van der Waals surface area contributed by atoms with Gasteiger partial charge in [-0.15, -0.1) is 21.5 Å². The third-order valence-electron chi connectivity index (χ3n) is 4.51. The summed E-state index contributed by atoms with van der Waals surface area (Å²) in [5, 5.41) is 11.4. The SMILES string of the molecule is CN(C)C(=O)C1(C)CC12N=Cc1ccsc1-n1cnnc12. The van der Waals surface area contributed by atoms with Gasteiger partial charge in [-0.2, -0.15) is 0 Å². The summed E-state index contributed by atoms with van der Waals surface area (Å²) in [6.45, 7) is 1.96. The molecule has 0 N–H and O–H groups in total. The minimum atomic E-state index is -0.594. The second-order valence-corrected chi connectivity index (χ2v) is 6.93. The molecule has 108 valence electrons. The van der Waals surface area contributed by atoms with Crippen LogP contribution in [0.4, 0.5) is 0 Å². The van der Waals surface area contributed by atoms with Gasteiger partial charge in [-0.3, -0.25) is 14.4 Å². The smallest absolute Gasteiger partial charge is 0.231 e. The van der Waals surface area contributed by atoms with Crippen molar-refractivity contribution >= 4 is 23.5 Å². The Bertz CT molecular complexity index is 776. The maximum absolute atomic E-state index is 12.6. The molecule has 1 saturated carbocycles. The average Bonchev–Trinajstić information content (AvgIpc) is 2.88. The predicted octanol–water partition coefficient (Wildman–Crippen LogP) is 1.45. The Morgan fingerprint density at radius 2 is 2.29 bits per heavy atom. The molecule has 0 aromatic carbocycles. The molecule has 2 atom stereocenters. The van der Waals surface area contributed by atoms with Crippen LogP contribution in [0.25, 0.3) is 5.00 Å². The molecule has 6 nitrogen and oxygen atoms in total. The minimum Gasteiger partial charge on any atom is -0.348 e. The van der Waals surface area contributed by atoms with Crippen molar-refractivity contribution in [1.82, 2.24) is 19.7 Å². The standard InChI is InChI=1S/C14H15N5OS/c1-13(12(20)18(2)3)7-14(13)11-17-16-8-19(11)10-9(6-15-14)4-5-21-10/h4-6,8H,7H2,1-3H3. The van der Waals surface area contributed by atoms with Gasteiger partial charge in [0.15, 0.2) is 5.82 Å². The molecule has 2 unspecified atom stereocenters. The fourth-order valence-corrected chi connectivity index (χ4v) is 4.08.